The normalized spacial score (nSPS) is 20.8. The molecule has 0 bridgehead atoms. The first-order chi connectivity index (χ1) is 11.6. The molecule has 1 aromatic carbocycles. The number of ketones is 1. The topological polar surface area (TPSA) is 83.4 Å². The maximum atomic E-state index is 12.7. The zero-order valence-corrected chi connectivity index (χ0v) is 13.8. The molecule has 2 heterocycles. The Labute approximate surface area is 142 Å². The van der Waals surface area contributed by atoms with E-state index in [2.05, 4.69) is 10.2 Å². The molecule has 1 aromatic heterocycles. The van der Waals surface area contributed by atoms with Crippen LogP contribution in [0.3, 0.4) is 0 Å². The number of nitrogens with zero attached hydrogens (tertiary/aromatic N) is 3. The molecule has 1 atom stereocenters. The Kier molecular flexibility index (Phi) is 3.45. The molecule has 6 nitrogen and oxygen atoms in total. The van der Waals surface area contributed by atoms with Crippen LogP contribution in [0.5, 0.6) is 0 Å². The van der Waals surface area contributed by atoms with Gasteiger partial charge in [-0.15, -0.1) is 10.2 Å². The average Bonchev–Trinajstić information content (AvgIpc) is 3.22. The van der Waals surface area contributed by atoms with E-state index in [-0.39, 0.29) is 17.3 Å². The van der Waals surface area contributed by atoms with Crippen LogP contribution in [0.2, 0.25) is 0 Å². The lowest BCUT2D eigenvalue weighted by Gasteiger charge is -2.24. The van der Waals surface area contributed by atoms with Crippen molar-refractivity contribution in [2.24, 2.45) is 5.92 Å². The fourth-order valence-corrected chi connectivity index (χ4v) is 3.63. The molecular weight excluding hydrogens is 326 g/mol. The largest absolute Gasteiger partial charge is 0.503 e. The summed E-state index contributed by atoms with van der Waals surface area (Å²) in [7, 11) is 0. The van der Waals surface area contributed by atoms with E-state index in [1.54, 1.807) is 0 Å². The number of hydrogen-bond acceptors (Lipinski definition) is 6. The molecule has 1 N–H and O–H groups in total. The quantitative estimate of drug-likeness (QED) is 0.924. The van der Waals surface area contributed by atoms with E-state index in [9.17, 15) is 14.7 Å². The summed E-state index contributed by atoms with van der Waals surface area (Å²) in [6, 6.07) is 6.95. The van der Waals surface area contributed by atoms with E-state index in [0.717, 1.165) is 24.0 Å². The van der Waals surface area contributed by atoms with Crippen LogP contribution in [0.25, 0.3) is 0 Å². The number of aromatic nitrogens is 2. The van der Waals surface area contributed by atoms with Crippen LogP contribution in [0.4, 0.5) is 5.13 Å². The maximum Gasteiger partial charge on any atom is 0.296 e. The van der Waals surface area contributed by atoms with Crippen molar-refractivity contribution in [2.45, 2.75) is 25.8 Å². The van der Waals surface area contributed by atoms with E-state index >= 15 is 0 Å². The van der Waals surface area contributed by atoms with Crippen LogP contribution < -0.4 is 4.90 Å². The van der Waals surface area contributed by atoms with Gasteiger partial charge in [0.2, 0.25) is 5.13 Å². The number of aliphatic hydroxyl groups is 1. The maximum absolute atomic E-state index is 12.7. The number of benzene rings is 1. The van der Waals surface area contributed by atoms with Gasteiger partial charge in [-0.2, -0.15) is 0 Å². The number of hydrogen-bond donors (Lipinski definition) is 1. The van der Waals surface area contributed by atoms with Gasteiger partial charge in [-0.3, -0.25) is 14.5 Å². The van der Waals surface area contributed by atoms with Gasteiger partial charge in [-0.1, -0.05) is 41.2 Å². The highest BCUT2D eigenvalue weighted by molar-refractivity contribution is 7.13. The van der Waals surface area contributed by atoms with Crippen molar-refractivity contribution in [1.29, 1.82) is 0 Å². The number of anilines is 1. The molecule has 24 heavy (non-hydrogen) atoms. The summed E-state index contributed by atoms with van der Waals surface area (Å²) in [4.78, 5) is 26.7. The average molecular weight is 341 g/mol. The van der Waals surface area contributed by atoms with Crippen molar-refractivity contribution in [1.82, 2.24) is 10.2 Å². The van der Waals surface area contributed by atoms with Crippen LogP contribution in [0.15, 0.2) is 41.1 Å². The number of aliphatic hydroxyl groups excluding tert-OH is 1. The predicted molar refractivity (Wildman–Crippen MR) is 88.7 cm³/mol. The Morgan fingerprint density at radius 2 is 2.17 bits per heavy atom. The number of amides is 1. The smallest absolute Gasteiger partial charge is 0.296 e. The molecule has 1 aliphatic heterocycles. The molecule has 7 heteroatoms. The molecule has 2 aliphatic rings. The lowest BCUT2D eigenvalue weighted by Crippen LogP contribution is -2.31. The Morgan fingerprint density at radius 3 is 2.79 bits per heavy atom. The second kappa shape index (κ2) is 5.52. The second-order valence-electron chi connectivity index (χ2n) is 6.11. The lowest BCUT2D eigenvalue weighted by molar-refractivity contribution is -0.118. The van der Waals surface area contributed by atoms with Gasteiger partial charge in [-0.25, -0.2) is 0 Å². The monoisotopic (exact) mass is 341 g/mol. The molecule has 0 radical (unpaired) electrons. The van der Waals surface area contributed by atoms with Gasteiger partial charge >= 0.3 is 0 Å². The Balaban J connectivity index is 1.87. The van der Waals surface area contributed by atoms with Crippen LogP contribution in [-0.4, -0.2) is 27.0 Å². The highest BCUT2D eigenvalue weighted by Crippen LogP contribution is 2.45. The predicted octanol–water partition coefficient (Wildman–Crippen LogP) is 2.73. The zero-order chi connectivity index (χ0) is 16.8. The van der Waals surface area contributed by atoms with Crippen molar-refractivity contribution in [2.75, 3.05) is 4.90 Å². The van der Waals surface area contributed by atoms with Gasteiger partial charge in [0.25, 0.3) is 5.91 Å². The van der Waals surface area contributed by atoms with Crippen molar-refractivity contribution >= 4 is 28.2 Å². The van der Waals surface area contributed by atoms with Gasteiger partial charge in [0.15, 0.2) is 11.5 Å². The fourth-order valence-electron chi connectivity index (χ4n) is 3.05. The molecule has 1 aliphatic carbocycles. The highest BCUT2D eigenvalue weighted by atomic mass is 32.1. The summed E-state index contributed by atoms with van der Waals surface area (Å²) >= 11 is 1.20. The van der Waals surface area contributed by atoms with Gasteiger partial charge in [0.1, 0.15) is 5.51 Å². The van der Waals surface area contributed by atoms with Gasteiger partial charge in [-0.05, 0) is 25.3 Å². The van der Waals surface area contributed by atoms with Gasteiger partial charge in [0.05, 0.1) is 11.6 Å². The molecule has 1 fully saturated rings. The van der Waals surface area contributed by atoms with Crippen LogP contribution in [0.1, 0.15) is 30.0 Å². The second-order valence-corrected chi connectivity index (χ2v) is 6.93. The van der Waals surface area contributed by atoms with Gasteiger partial charge in [0, 0.05) is 5.92 Å². The van der Waals surface area contributed by atoms with Crippen LogP contribution >= 0.6 is 11.3 Å². The molecule has 0 saturated heterocycles. The minimum Gasteiger partial charge on any atom is -0.503 e. The minimum absolute atomic E-state index is 0.0865. The summed E-state index contributed by atoms with van der Waals surface area (Å²) in [6.07, 6.45) is 1.62. The van der Waals surface area contributed by atoms with Crippen LogP contribution in [-0.2, 0) is 9.59 Å². The number of carbonyl (C=O) groups excluding carboxylic acids is 2. The number of Topliss-reactive ketones (excluding diaryl/α,β-unsaturated/α-hetero) is 1. The van der Waals surface area contributed by atoms with E-state index in [0.29, 0.717) is 5.13 Å². The van der Waals surface area contributed by atoms with Crippen molar-refractivity contribution in [3.63, 3.8) is 0 Å². The summed E-state index contributed by atoms with van der Waals surface area (Å²) in [5.74, 6) is -1.29. The Morgan fingerprint density at radius 1 is 1.38 bits per heavy atom. The number of rotatable bonds is 4. The first kappa shape index (κ1) is 15.0. The summed E-state index contributed by atoms with van der Waals surface area (Å²) in [5.41, 5.74) is 3.50. The van der Waals surface area contributed by atoms with Crippen molar-refractivity contribution in [3.05, 3.63) is 52.2 Å². The molecule has 1 unspecified atom stereocenters. The molecule has 4 rings (SSSR count). The summed E-state index contributed by atoms with van der Waals surface area (Å²) in [5, 5.41) is 18.5. The first-order valence-corrected chi connectivity index (χ1v) is 8.59. The molecule has 1 saturated carbocycles. The SMILES string of the molecule is Cc1cccc(C2C(C(=O)C3CC3)=C(O)C(=O)N2c2nncs2)c1. The van der Waals surface area contributed by atoms with Crippen molar-refractivity contribution in [3.8, 4) is 0 Å². The first-order valence-electron chi connectivity index (χ1n) is 7.71. The van der Waals surface area contributed by atoms with Gasteiger partial charge < -0.3 is 5.11 Å². The summed E-state index contributed by atoms with van der Waals surface area (Å²) in [6.45, 7) is 1.95. The molecule has 122 valence electrons. The minimum atomic E-state index is -0.654. The third kappa shape index (κ3) is 2.32. The molecule has 0 spiro atoms. The van der Waals surface area contributed by atoms with E-state index in [1.807, 2.05) is 31.2 Å². The third-order valence-corrected chi connectivity index (χ3v) is 5.02. The number of aryl methyl sites for hydroxylation is 1. The lowest BCUT2D eigenvalue weighted by atomic mass is 9.93. The Bertz CT molecular complexity index is 856. The molecular formula is C17H15N3O3S. The summed E-state index contributed by atoms with van der Waals surface area (Å²) < 4.78 is 0. The standard InChI is InChI=1S/C17H15N3O3S/c1-9-3-2-4-11(7-9)13-12(14(21)10-5-6-10)15(22)16(23)20(13)17-19-18-8-24-17/h2-4,7-8,10,13,22H,5-6H2,1H3. The fraction of sp³-hybridized carbons (Fsp3) is 0.294. The number of carbonyl (C=O) groups is 2. The molecule has 2 aromatic rings. The van der Waals surface area contributed by atoms with Crippen LogP contribution in [0, 0.1) is 12.8 Å². The van der Waals surface area contributed by atoms with E-state index in [4.69, 9.17) is 0 Å². The Hall–Kier alpha value is -2.54. The molecule has 1 amide bonds. The highest BCUT2D eigenvalue weighted by Gasteiger charge is 2.48. The third-order valence-electron chi connectivity index (χ3n) is 4.33. The van der Waals surface area contributed by atoms with E-state index in [1.165, 1.54) is 21.7 Å². The zero-order valence-electron chi connectivity index (χ0n) is 13.0. The van der Waals surface area contributed by atoms with Crippen molar-refractivity contribution < 1.29 is 14.7 Å². The van der Waals surface area contributed by atoms with E-state index < -0.39 is 17.7 Å².